The fourth-order valence-electron chi connectivity index (χ4n) is 2.81. The largest absolute Gasteiger partial charge is 0.424 e. The number of rotatable bonds is 4. The Kier molecular flexibility index (Phi) is 4.64. The number of piperazine rings is 1. The average molecular weight is 321 g/mol. The van der Waals surface area contributed by atoms with Crippen LogP contribution in [0.5, 0.6) is 0 Å². The zero-order chi connectivity index (χ0) is 15.5. The van der Waals surface area contributed by atoms with Gasteiger partial charge in [-0.3, -0.25) is 4.90 Å². The molecule has 2 aromatic rings. The van der Waals surface area contributed by atoms with Crippen LogP contribution in [0.15, 0.2) is 28.7 Å². The Hall–Kier alpha value is -1.59. The Morgan fingerprint density at radius 3 is 2.77 bits per heavy atom. The van der Waals surface area contributed by atoms with Gasteiger partial charge in [0.2, 0.25) is 11.8 Å². The van der Waals surface area contributed by atoms with Crippen LogP contribution in [-0.2, 0) is 13.0 Å². The number of anilines is 1. The molecule has 1 fully saturated rings. The SMILES string of the molecule is CCc1nnc(CN2CCN(c3cccc(Cl)c3)C[C@H]2C)o1. The second-order valence-corrected chi connectivity index (χ2v) is 6.12. The van der Waals surface area contributed by atoms with E-state index in [1.54, 1.807) is 0 Å². The van der Waals surface area contributed by atoms with Crippen molar-refractivity contribution in [1.29, 1.82) is 0 Å². The van der Waals surface area contributed by atoms with Crippen molar-refractivity contribution in [2.75, 3.05) is 24.5 Å². The number of halogens is 1. The summed E-state index contributed by atoms with van der Waals surface area (Å²) in [4.78, 5) is 4.76. The number of nitrogens with zero attached hydrogens (tertiary/aromatic N) is 4. The predicted molar refractivity (Wildman–Crippen MR) is 87.2 cm³/mol. The Morgan fingerprint density at radius 1 is 1.27 bits per heavy atom. The number of aromatic nitrogens is 2. The number of hydrogen-bond donors (Lipinski definition) is 0. The van der Waals surface area contributed by atoms with Crippen LogP contribution in [0.3, 0.4) is 0 Å². The minimum Gasteiger partial charge on any atom is -0.424 e. The van der Waals surface area contributed by atoms with E-state index in [9.17, 15) is 0 Å². The lowest BCUT2D eigenvalue weighted by Crippen LogP contribution is -2.51. The van der Waals surface area contributed by atoms with Crippen LogP contribution in [0.25, 0.3) is 0 Å². The minimum atomic E-state index is 0.421. The van der Waals surface area contributed by atoms with E-state index in [-0.39, 0.29) is 0 Å². The van der Waals surface area contributed by atoms with E-state index in [4.69, 9.17) is 16.0 Å². The van der Waals surface area contributed by atoms with Gasteiger partial charge in [0.05, 0.1) is 6.54 Å². The summed E-state index contributed by atoms with van der Waals surface area (Å²) in [6.45, 7) is 7.88. The van der Waals surface area contributed by atoms with E-state index in [0.29, 0.717) is 17.8 Å². The maximum Gasteiger partial charge on any atom is 0.230 e. The van der Waals surface area contributed by atoms with Crippen molar-refractivity contribution in [3.05, 3.63) is 41.1 Å². The van der Waals surface area contributed by atoms with Gasteiger partial charge < -0.3 is 9.32 Å². The third kappa shape index (κ3) is 3.42. The monoisotopic (exact) mass is 320 g/mol. The van der Waals surface area contributed by atoms with Crippen molar-refractivity contribution in [2.24, 2.45) is 0 Å². The Bertz CT molecular complexity index is 630. The molecule has 0 amide bonds. The first-order valence-electron chi connectivity index (χ1n) is 7.71. The molecule has 1 aliphatic rings. The third-order valence-electron chi connectivity index (χ3n) is 4.09. The highest BCUT2D eigenvalue weighted by Crippen LogP contribution is 2.23. The quantitative estimate of drug-likeness (QED) is 0.866. The first-order chi connectivity index (χ1) is 10.7. The molecule has 0 unspecified atom stereocenters. The Labute approximate surface area is 135 Å². The van der Waals surface area contributed by atoms with Gasteiger partial charge in [0.1, 0.15) is 0 Å². The van der Waals surface area contributed by atoms with Gasteiger partial charge in [-0.15, -0.1) is 10.2 Å². The van der Waals surface area contributed by atoms with Crippen molar-refractivity contribution >= 4 is 17.3 Å². The molecule has 0 bridgehead atoms. The summed E-state index contributed by atoms with van der Waals surface area (Å²) in [6, 6.07) is 8.46. The van der Waals surface area contributed by atoms with E-state index in [1.807, 2.05) is 25.1 Å². The van der Waals surface area contributed by atoms with Gasteiger partial charge in [-0.25, -0.2) is 0 Å². The standard InChI is InChI=1S/C16H21ClN4O/c1-3-15-18-19-16(22-15)11-20-7-8-21(10-12(20)2)14-6-4-5-13(17)9-14/h4-6,9,12H,3,7-8,10-11H2,1-2H3/t12-/m1/s1. The summed E-state index contributed by atoms with van der Waals surface area (Å²) >= 11 is 6.09. The molecule has 22 heavy (non-hydrogen) atoms. The zero-order valence-corrected chi connectivity index (χ0v) is 13.8. The molecular weight excluding hydrogens is 300 g/mol. The van der Waals surface area contributed by atoms with Crippen LogP contribution in [0.2, 0.25) is 5.02 Å². The van der Waals surface area contributed by atoms with Crippen molar-refractivity contribution < 1.29 is 4.42 Å². The minimum absolute atomic E-state index is 0.421. The summed E-state index contributed by atoms with van der Waals surface area (Å²) in [6.07, 6.45) is 0.783. The molecule has 1 aliphatic heterocycles. The normalized spacial score (nSPS) is 19.6. The van der Waals surface area contributed by atoms with Crippen LogP contribution in [0.1, 0.15) is 25.6 Å². The van der Waals surface area contributed by atoms with E-state index in [1.165, 1.54) is 5.69 Å². The summed E-state index contributed by atoms with van der Waals surface area (Å²) in [5, 5.41) is 8.93. The third-order valence-corrected chi connectivity index (χ3v) is 4.32. The van der Waals surface area contributed by atoms with Gasteiger partial charge in [-0.2, -0.15) is 0 Å². The summed E-state index contributed by atoms with van der Waals surface area (Å²) in [5.41, 5.74) is 1.19. The Balaban J connectivity index is 1.62. The lowest BCUT2D eigenvalue weighted by Gasteiger charge is -2.40. The van der Waals surface area contributed by atoms with Gasteiger partial charge in [-0.05, 0) is 25.1 Å². The maximum absolute atomic E-state index is 6.09. The van der Waals surface area contributed by atoms with Crippen molar-refractivity contribution in [3.63, 3.8) is 0 Å². The zero-order valence-electron chi connectivity index (χ0n) is 13.0. The van der Waals surface area contributed by atoms with E-state index in [2.05, 4.69) is 33.0 Å². The molecule has 0 N–H and O–H groups in total. The molecule has 0 aliphatic carbocycles. The van der Waals surface area contributed by atoms with Crippen molar-refractivity contribution in [1.82, 2.24) is 15.1 Å². The molecule has 0 spiro atoms. The second kappa shape index (κ2) is 6.67. The van der Waals surface area contributed by atoms with Gasteiger partial charge in [-0.1, -0.05) is 24.6 Å². The first-order valence-corrected chi connectivity index (χ1v) is 8.09. The molecule has 0 radical (unpaired) electrons. The fourth-order valence-corrected chi connectivity index (χ4v) is 2.99. The van der Waals surface area contributed by atoms with Crippen LogP contribution in [-0.4, -0.2) is 40.8 Å². The maximum atomic E-state index is 6.09. The molecule has 5 nitrogen and oxygen atoms in total. The molecular formula is C16H21ClN4O. The van der Waals surface area contributed by atoms with Crippen LogP contribution < -0.4 is 4.90 Å². The van der Waals surface area contributed by atoms with E-state index >= 15 is 0 Å². The molecule has 1 saturated heterocycles. The van der Waals surface area contributed by atoms with E-state index in [0.717, 1.165) is 37.6 Å². The summed E-state index contributed by atoms with van der Waals surface area (Å²) < 4.78 is 5.62. The number of aryl methyl sites for hydroxylation is 1. The number of hydrogen-bond acceptors (Lipinski definition) is 5. The summed E-state index contributed by atoms with van der Waals surface area (Å²) in [7, 11) is 0. The van der Waals surface area contributed by atoms with Gasteiger partial charge in [0.25, 0.3) is 0 Å². The van der Waals surface area contributed by atoms with Crippen molar-refractivity contribution in [2.45, 2.75) is 32.9 Å². The molecule has 1 aromatic heterocycles. The molecule has 2 heterocycles. The van der Waals surface area contributed by atoms with Gasteiger partial charge in [0.15, 0.2) is 0 Å². The lowest BCUT2D eigenvalue weighted by atomic mass is 10.1. The van der Waals surface area contributed by atoms with Crippen LogP contribution in [0.4, 0.5) is 5.69 Å². The molecule has 6 heteroatoms. The van der Waals surface area contributed by atoms with Crippen molar-refractivity contribution in [3.8, 4) is 0 Å². The number of benzene rings is 1. The summed E-state index contributed by atoms with van der Waals surface area (Å²) in [5.74, 6) is 1.42. The topological polar surface area (TPSA) is 45.4 Å². The lowest BCUT2D eigenvalue weighted by molar-refractivity contribution is 0.164. The molecule has 1 atom stereocenters. The van der Waals surface area contributed by atoms with Gasteiger partial charge in [0, 0.05) is 42.8 Å². The average Bonchev–Trinajstić information content (AvgIpc) is 2.97. The Morgan fingerprint density at radius 2 is 2.09 bits per heavy atom. The van der Waals surface area contributed by atoms with E-state index < -0.39 is 0 Å². The molecule has 3 rings (SSSR count). The fraction of sp³-hybridized carbons (Fsp3) is 0.500. The highest BCUT2D eigenvalue weighted by Gasteiger charge is 2.25. The predicted octanol–water partition coefficient (Wildman–Crippen LogP) is 3.00. The molecule has 1 aromatic carbocycles. The second-order valence-electron chi connectivity index (χ2n) is 5.69. The van der Waals surface area contributed by atoms with Crippen LogP contribution in [0, 0.1) is 0 Å². The molecule has 0 saturated carbocycles. The molecule has 118 valence electrons. The first kappa shape index (κ1) is 15.3. The van der Waals surface area contributed by atoms with Crippen LogP contribution >= 0.6 is 11.6 Å². The highest BCUT2D eigenvalue weighted by atomic mass is 35.5. The highest BCUT2D eigenvalue weighted by molar-refractivity contribution is 6.30. The smallest absolute Gasteiger partial charge is 0.230 e. The van der Waals surface area contributed by atoms with Gasteiger partial charge >= 0.3 is 0 Å².